The number of likely N-dealkylation sites (N-methyl/N-ethyl adjacent to an activating group) is 1. The summed E-state index contributed by atoms with van der Waals surface area (Å²) in [6.07, 6.45) is 0. The summed E-state index contributed by atoms with van der Waals surface area (Å²) in [5, 5.41) is 12.5. The van der Waals surface area contributed by atoms with Crippen LogP contribution in [0.25, 0.3) is 0 Å². The second-order valence-electron chi connectivity index (χ2n) is 4.62. The monoisotopic (exact) mass is 256 g/mol. The standard InChI is InChI=1S/C15H16N2O2/c1-17-8-9-19-15-10-12(4-7-14(15)17)16-11-2-5-13(18)6-3-11/h2-7,10,16,18H,8-9H2,1H3. The fourth-order valence-electron chi connectivity index (χ4n) is 2.15. The third-order valence-corrected chi connectivity index (χ3v) is 3.21. The third-order valence-electron chi connectivity index (χ3n) is 3.21. The van der Waals surface area contributed by atoms with Gasteiger partial charge in [-0.05, 0) is 36.4 Å². The first kappa shape index (κ1) is 11.7. The molecule has 1 heterocycles. The number of rotatable bonds is 2. The van der Waals surface area contributed by atoms with E-state index in [9.17, 15) is 5.11 Å². The maximum absolute atomic E-state index is 9.26. The minimum absolute atomic E-state index is 0.265. The van der Waals surface area contributed by atoms with Crippen LogP contribution in [0.15, 0.2) is 42.5 Å². The molecule has 0 saturated heterocycles. The molecule has 0 aromatic heterocycles. The first-order valence-corrected chi connectivity index (χ1v) is 6.26. The Morgan fingerprint density at radius 2 is 1.84 bits per heavy atom. The highest BCUT2D eigenvalue weighted by molar-refractivity contribution is 5.69. The van der Waals surface area contributed by atoms with Crippen LogP contribution in [-0.2, 0) is 0 Å². The summed E-state index contributed by atoms with van der Waals surface area (Å²) < 4.78 is 5.67. The SMILES string of the molecule is CN1CCOc2cc(Nc3ccc(O)cc3)ccc21. The van der Waals surface area contributed by atoms with Gasteiger partial charge in [-0.3, -0.25) is 0 Å². The lowest BCUT2D eigenvalue weighted by Crippen LogP contribution is -2.28. The van der Waals surface area contributed by atoms with E-state index in [-0.39, 0.29) is 5.75 Å². The average Bonchev–Trinajstić information content (AvgIpc) is 2.42. The molecule has 4 heteroatoms. The Labute approximate surface area is 112 Å². The molecule has 0 atom stereocenters. The molecule has 2 N–H and O–H groups in total. The Morgan fingerprint density at radius 1 is 1.11 bits per heavy atom. The van der Waals surface area contributed by atoms with Crippen LogP contribution in [0.5, 0.6) is 11.5 Å². The summed E-state index contributed by atoms with van der Waals surface area (Å²) in [6.45, 7) is 1.63. The highest BCUT2D eigenvalue weighted by Crippen LogP contribution is 2.34. The number of fused-ring (bicyclic) bond motifs is 1. The Kier molecular flexibility index (Phi) is 2.91. The molecule has 0 spiro atoms. The van der Waals surface area contributed by atoms with Gasteiger partial charge in [-0.1, -0.05) is 0 Å². The van der Waals surface area contributed by atoms with Gasteiger partial charge in [-0.2, -0.15) is 0 Å². The van der Waals surface area contributed by atoms with Gasteiger partial charge < -0.3 is 20.1 Å². The van der Waals surface area contributed by atoms with Gasteiger partial charge in [-0.15, -0.1) is 0 Å². The summed E-state index contributed by atoms with van der Waals surface area (Å²) in [6, 6.07) is 13.1. The number of ether oxygens (including phenoxy) is 1. The molecule has 98 valence electrons. The van der Waals surface area contributed by atoms with Crippen molar-refractivity contribution in [3.05, 3.63) is 42.5 Å². The molecular formula is C15H16N2O2. The summed E-state index contributed by atoms with van der Waals surface area (Å²) in [5.74, 6) is 1.17. The van der Waals surface area contributed by atoms with E-state index in [2.05, 4.69) is 23.3 Å². The van der Waals surface area contributed by atoms with Gasteiger partial charge in [0.15, 0.2) is 0 Å². The molecule has 1 aliphatic heterocycles. The molecule has 0 aliphatic carbocycles. The zero-order chi connectivity index (χ0) is 13.2. The van der Waals surface area contributed by atoms with Crippen molar-refractivity contribution in [3.63, 3.8) is 0 Å². The van der Waals surface area contributed by atoms with E-state index in [1.807, 2.05) is 24.3 Å². The van der Waals surface area contributed by atoms with Crippen LogP contribution in [0.1, 0.15) is 0 Å². The molecule has 0 saturated carbocycles. The van der Waals surface area contributed by atoms with Gasteiger partial charge in [0.2, 0.25) is 0 Å². The summed E-state index contributed by atoms with van der Waals surface area (Å²) >= 11 is 0. The molecule has 0 radical (unpaired) electrons. The number of phenols is 1. The van der Waals surface area contributed by atoms with Crippen LogP contribution < -0.4 is 15.0 Å². The smallest absolute Gasteiger partial charge is 0.144 e. The van der Waals surface area contributed by atoms with Gasteiger partial charge >= 0.3 is 0 Å². The van der Waals surface area contributed by atoms with Crippen molar-refractivity contribution in [2.75, 3.05) is 30.4 Å². The Morgan fingerprint density at radius 3 is 2.63 bits per heavy atom. The van der Waals surface area contributed by atoms with Crippen molar-refractivity contribution in [1.29, 1.82) is 0 Å². The topological polar surface area (TPSA) is 44.7 Å². The zero-order valence-electron chi connectivity index (χ0n) is 10.8. The second-order valence-corrected chi connectivity index (χ2v) is 4.62. The van der Waals surface area contributed by atoms with Crippen molar-refractivity contribution in [3.8, 4) is 11.5 Å². The van der Waals surface area contributed by atoms with E-state index in [4.69, 9.17) is 4.74 Å². The van der Waals surface area contributed by atoms with Gasteiger partial charge in [-0.25, -0.2) is 0 Å². The van der Waals surface area contributed by atoms with Crippen LogP contribution in [-0.4, -0.2) is 25.3 Å². The first-order valence-electron chi connectivity index (χ1n) is 6.26. The molecule has 0 bridgehead atoms. The maximum atomic E-state index is 9.26. The lowest BCUT2D eigenvalue weighted by Gasteiger charge is -2.28. The molecule has 0 unspecified atom stereocenters. The molecular weight excluding hydrogens is 240 g/mol. The van der Waals surface area contributed by atoms with Crippen LogP contribution in [0.4, 0.5) is 17.1 Å². The summed E-state index contributed by atoms with van der Waals surface area (Å²) in [7, 11) is 2.06. The van der Waals surface area contributed by atoms with E-state index in [1.165, 1.54) is 0 Å². The lowest BCUT2D eigenvalue weighted by molar-refractivity contribution is 0.311. The minimum Gasteiger partial charge on any atom is -0.508 e. The predicted molar refractivity (Wildman–Crippen MR) is 76.6 cm³/mol. The highest BCUT2D eigenvalue weighted by Gasteiger charge is 2.14. The van der Waals surface area contributed by atoms with Gasteiger partial charge in [0, 0.05) is 24.5 Å². The number of benzene rings is 2. The van der Waals surface area contributed by atoms with Crippen molar-refractivity contribution in [2.24, 2.45) is 0 Å². The van der Waals surface area contributed by atoms with Crippen LogP contribution >= 0.6 is 0 Å². The van der Waals surface area contributed by atoms with Crippen molar-refractivity contribution in [2.45, 2.75) is 0 Å². The maximum Gasteiger partial charge on any atom is 0.144 e. The average molecular weight is 256 g/mol. The van der Waals surface area contributed by atoms with E-state index >= 15 is 0 Å². The number of aromatic hydroxyl groups is 1. The van der Waals surface area contributed by atoms with Crippen molar-refractivity contribution in [1.82, 2.24) is 0 Å². The van der Waals surface area contributed by atoms with E-state index in [0.29, 0.717) is 6.61 Å². The van der Waals surface area contributed by atoms with Crippen LogP contribution in [0.3, 0.4) is 0 Å². The Hall–Kier alpha value is -2.36. The Balaban J connectivity index is 1.84. The summed E-state index contributed by atoms with van der Waals surface area (Å²) in [5.41, 5.74) is 3.02. The lowest BCUT2D eigenvalue weighted by atomic mass is 10.2. The van der Waals surface area contributed by atoms with Gasteiger partial charge in [0.1, 0.15) is 18.1 Å². The number of hydrogen-bond acceptors (Lipinski definition) is 4. The zero-order valence-corrected chi connectivity index (χ0v) is 10.8. The molecule has 2 aromatic rings. The molecule has 19 heavy (non-hydrogen) atoms. The third kappa shape index (κ3) is 2.42. The molecule has 4 nitrogen and oxygen atoms in total. The van der Waals surface area contributed by atoms with Crippen LogP contribution in [0, 0.1) is 0 Å². The number of nitrogens with one attached hydrogen (secondary N) is 1. The Bertz CT molecular complexity index is 581. The highest BCUT2D eigenvalue weighted by atomic mass is 16.5. The normalized spacial score (nSPS) is 13.6. The van der Waals surface area contributed by atoms with Crippen molar-refractivity contribution >= 4 is 17.1 Å². The predicted octanol–water partition coefficient (Wildman–Crippen LogP) is 2.96. The fraction of sp³-hybridized carbons (Fsp3) is 0.200. The number of phenolic OH excluding ortho intramolecular Hbond substituents is 1. The van der Waals surface area contributed by atoms with Gasteiger partial charge in [0.25, 0.3) is 0 Å². The molecule has 0 fully saturated rings. The second kappa shape index (κ2) is 4.72. The minimum atomic E-state index is 0.265. The molecule has 3 rings (SSSR count). The van der Waals surface area contributed by atoms with Crippen LogP contribution in [0.2, 0.25) is 0 Å². The molecule has 0 amide bonds. The molecule has 2 aromatic carbocycles. The summed E-state index contributed by atoms with van der Waals surface area (Å²) in [4.78, 5) is 2.18. The number of anilines is 3. The fourth-order valence-corrected chi connectivity index (χ4v) is 2.15. The van der Waals surface area contributed by atoms with E-state index in [1.54, 1.807) is 12.1 Å². The van der Waals surface area contributed by atoms with E-state index in [0.717, 1.165) is 29.4 Å². The largest absolute Gasteiger partial charge is 0.508 e. The molecule has 1 aliphatic rings. The quantitative estimate of drug-likeness (QED) is 0.811. The van der Waals surface area contributed by atoms with E-state index < -0.39 is 0 Å². The van der Waals surface area contributed by atoms with Gasteiger partial charge in [0.05, 0.1) is 12.2 Å². The number of hydrogen-bond donors (Lipinski definition) is 2. The number of nitrogens with zero attached hydrogens (tertiary/aromatic N) is 1. The van der Waals surface area contributed by atoms with Crippen molar-refractivity contribution < 1.29 is 9.84 Å². The first-order chi connectivity index (χ1) is 9.22.